The number of hydrogen-bond acceptors (Lipinski definition) is 2. The van der Waals surface area contributed by atoms with Gasteiger partial charge in [-0.05, 0) is 49.8 Å². The first kappa shape index (κ1) is 11.6. The fourth-order valence-electron chi connectivity index (χ4n) is 2.84. The summed E-state index contributed by atoms with van der Waals surface area (Å²) in [6.07, 6.45) is 5.72. The standard InChI is InChI=1S/C15H20N2O/c1-17(11-5-2-6-11)15(18)13-7-3-9-14-12(13)8-4-10-16-14/h3,7,9,11,16H,2,4-6,8,10H2,1H3. The zero-order valence-corrected chi connectivity index (χ0v) is 10.9. The van der Waals surface area contributed by atoms with Gasteiger partial charge in [0.25, 0.3) is 5.91 Å². The Hall–Kier alpha value is -1.51. The van der Waals surface area contributed by atoms with E-state index in [1.165, 1.54) is 12.0 Å². The van der Waals surface area contributed by atoms with Crippen molar-refractivity contribution < 1.29 is 4.79 Å². The minimum atomic E-state index is 0.195. The van der Waals surface area contributed by atoms with Crippen molar-refractivity contribution >= 4 is 11.6 Å². The first-order chi connectivity index (χ1) is 8.77. The van der Waals surface area contributed by atoms with Crippen LogP contribution in [-0.2, 0) is 6.42 Å². The molecule has 3 heteroatoms. The number of amides is 1. The summed E-state index contributed by atoms with van der Waals surface area (Å²) in [5.74, 6) is 0.195. The smallest absolute Gasteiger partial charge is 0.254 e. The van der Waals surface area contributed by atoms with Gasteiger partial charge in [0, 0.05) is 30.9 Å². The molecular weight excluding hydrogens is 224 g/mol. The van der Waals surface area contributed by atoms with E-state index in [1.807, 2.05) is 24.1 Å². The highest BCUT2D eigenvalue weighted by Gasteiger charge is 2.28. The summed E-state index contributed by atoms with van der Waals surface area (Å²) in [5, 5.41) is 3.38. The van der Waals surface area contributed by atoms with Crippen LogP contribution in [0.15, 0.2) is 18.2 Å². The quantitative estimate of drug-likeness (QED) is 0.867. The summed E-state index contributed by atoms with van der Waals surface area (Å²) in [4.78, 5) is 14.5. The lowest BCUT2D eigenvalue weighted by Gasteiger charge is -2.35. The number of benzene rings is 1. The Morgan fingerprint density at radius 2 is 2.17 bits per heavy atom. The van der Waals surface area contributed by atoms with Crippen molar-refractivity contribution in [3.8, 4) is 0 Å². The van der Waals surface area contributed by atoms with Crippen LogP contribution in [0, 0.1) is 0 Å². The average Bonchev–Trinajstić information content (AvgIpc) is 2.35. The molecule has 1 aliphatic carbocycles. The number of anilines is 1. The molecule has 3 rings (SSSR count). The summed E-state index contributed by atoms with van der Waals surface area (Å²) in [5.41, 5.74) is 3.25. The van der Waals surface area contributed by atoms with Crippen LogP contribution in [0.1, 0.15) is 41.6 Å². The Labute approximate surface area is 108 Å². The van der Waals surface area contributed by atoms with E-state index in [1.54, 1.807) is 0 Å². The van der Waals surface area contributed by atoms with Crippen molar-refractivity contribution in [2.24, 2.45) is 0 Å². The van der Waals surface area contributed by atoms with Crippen molar-refractivity contribution in [1.82, 2.24) is 4.90 Å². The lowest BCUT2D eigenvalue weighted by Crippen LogP contribution is -2.41. The van der Waals surface area contributed by atoms with Gasteiger partial charge in [0.1, 0.15) is 0 Å². The molecule has 0 atom stereocenters. The Morgan fingerprint density at radius 1 is 1.33 bits per heavy atom. The van der Waals surface area contributed by atoms with Crippen molar-refractivity contribution in [2.45, 2.75) is 38.1 Å². The molecule has 0 unspecified atom stereocenters. The first-order valence-corrected chi connectivity index (χ1v) is 6.90. The molecule has 1 N–H and O–H groups in total. The molecule has 18 heavy (non-hydrogen) atoms. The van der Waals surface area contributed by atoms with Crippen LogP contribution in [-0.4, -0.2) is 30.4 Å². The minimum absolute atomic E-state index is 0.195. The third-order valence-electron chi connectivity index (χ3n) is 4.27. The second-order valence-electron chi connectivity index (χ2n) is 5.36. The van der Waals surface area contributed by atoms with Crippen LogP contribution in [0.3, 0.4) is 0 Å². The minimum Gasteiger partial charge on any atom is -0.385 e. The van der Waals surface area contributed by atoms with Gasteiger partial charge in [0.2, 0.25) is 0 Å². The maximum absolute atomic E-state index is 12.5. The third kappa shape index (κ3) is 1.88. The van der Waals surface area contributed by atoms with Gasteiger partial charge in [-0.1, -0.05) is 6.07 Å². The van der Waals surface area contributed by atoms with Crippen LogP contribution < -0.4 is 5.32 Å². The molecule has 1 saturated carbocycles. The SMILES string of the molecule is CN(C(=O)c1cccc2c1CCCN2)C1CCC1. The number of carbonyl (C=O) groups is 1. The van der Waals surface area contributed by atoms with Crippen LogP contribution >= 0.6 is 0 Å². The second-order valence-corrected chi connectivity index (χ2v) is 5.36. The van der Waals surface area contributed by atoms with Crippen LogP contribution in [0.2, 0.25) is 0 Å². The van der Waals surface area contributed by atoms with Crippen molar-refractivity contribution in [2.75, 3.05) is 18.9 Å². The van der Waals surface area contributed by atoms with Crippen LogP contribution in [0.5, 0.6) is 0 Å². The number of hydrogen-bond donors (Lipinski definition) is 1. The molecule has 1 aliphatic heterocycles. The molecule has 1 aromatic rings. The Bertz CT molecular complexity index is 466. The topological polar surface area (TPSA) is 32.3 Å². The van der Waals surface area contributed by atoms with Crippen molar-refractivity contribution in [3.05, 3.63) is 29.3 Å². The lowest BCUT2D eigenvalue weighted by molar-refractivity contribution is 0.0651. The summed E-state index contributed by atoms with van der Waals surface area (Å²) in [6.45, 7) is 1.02. The van der Waals surface area contributed by atoms with Gasteiger partial charge in [-0.25, -0.2) is 0 Å². The van der Waals surface area contributed by atoms with Crippen molar-refractivity contribution in [3.63, 3.8) is 0 Å². The van der Waals surface area contributed by atoms with Gasteiger partial charge >= 0.3 is 0 Å². The summed E-state index contributed by atoms with van der Waals surface area (Å²) in [6, 6.07) is 6.50. The fraction of sp³-hybridized carbons (Fsp3) is 0.533. The van der Waals surface area contributed by atoms with E-state index in [0.29, 0.717) is 6.04 Å². The zero-order chi connectivity index (χ0) is 12.5. The summed E-state index contributed by atoms with van der Waals surface area (Å²) >= 11 is 0. The van der Waals surface area contributed by atoms with Gasteiger partial charge in [0.15, 0.2) is 0 Å². The van der Waals surface area contributed by atoms with Gasteiger partial charge in [-0.15, -0.1) is 0 Å². The molecule has 1 fully saturated rings. The maximum atomic E-state index is 12.5. The monoisotopic (exact) mass is 244 g/mol. The molecule has 0 saturated heterocycles. The number of nitrogens with one attached hydrogen (secondary N) is 1. The molecule has 2 aliphatic rings. The average molecular weight is 244 g/mol. The molecule has 0 spiro atoms. The fourth-order valence-corrected chi connectivity index (χ4v) is 2.84. The van der Waals surface area contributed by atoms with Gasteiger partial charge < -0.3 is 10.2 Å². The summed E-state index contributed by atoms with van der Waals surface area (Å²) in [7, 11) is 1.95. The highest BCUT2D eigenvalue weighted by atomic mass is 16.2. The van der Waals surface area contributed by atoms with Gasteiger partial charge in [-0.2, -0.15) is 0 Å². The normalized spacial score (nSPS) is 18.5. The predicted octanol–water partition coefficient (Wildman–Crippen LogP) is 2.67. The molecule has 1 amide bonds. The molecule has 0 bridgehead atoms. The molecular formula is C15H20N2O. The lowest BCUT2D eigenvalue weighted by atomic mass is 9.90. The Morgan fingerprint density at radius 3 is 2.89 bits per heavy atom. The molecule has 96 valence electrons. The molecule has 1 heterocycles. The van der Waals surface area contributed by atoms with Crippen LogP contribution in [0.25, 0.3) is 0 Å². The Balaban J connectivity index is 1.89. The van der Waals surface area contributed by atoms with E-state index in [4.69, 9.17) is 0 Å². The number of rotatable bonds is 2. The van der Waals surface area contributed by atoms with E-state index < -0.39 is 0 Å². The molecule has 0 radical (unpaired) electrons. The number of nitrogens with zero attached hydrogens (tertiary/aromatic N) is 1. The van der Waals surface area contributed by atoms with Crippen LogP contribution in [0.4, 0.5) is 5.69 Å². The van der Waals surface area contributed by atoms with E-state index in [-0.39, 0.29) is 5.91 Å². The highest BCUT2D eigenvalue weighted by Crippen LogP contribution is 2.29. The third-order valence-corrected chi connectivity index (χ3v) is 4.27. The zero-order valence-electron chi connectivity index (χ0n) is 10.9. The number of carbonyl (C=O) groups excluding carboxylic acids is 1. The van der Waals surface area contributed by atoms with E-state index in [0.717, 1.165) is 43.5 Å². The second kappa shape index (κ2) is 4.63. The Kier molecular flexibility index (Phi) is 2.98. The maximum Gasteiger partial charge on any atom is 0.254 e. The molecule has 1 aromatic carbocycles. The molecule has 3 nitrogen and oxygen atoms in total. The highest BCUT2D eigenvalue weighted by molar-refractivity contribution is 5.97. The van der Waals surface area contributed by atoms with Gasteiger partial charge in [-0.3, -0.25) is 4.79 Å². The van der Waals surface area contributed by atoms with Gasteiger partial charge in [0.05, 0.1) is 0 Å². The van der Waals surface area contributed by atoms with E-state index in [2.05, 4.69) is 11.4 Å². The largest absolute Gasteiger partial charge is 0.385 e. The van der Waals surface area contributed by atoms with E-state index >= 15 is 0 Å². The van der Waals surface area contributed by atoms with Crippen molar-refractivity contribution in [1.29, 1.82) is 0 Å². The van der Waals surface area contributed by atoms with E-state index in [9.17, 15) is 4.79 Å². The first-order valence-electron chi connectivity index (χ1n) is 6.90. The molecule has 0 aromatic heterocycles. The number of fused-ring (bicyclic) bond motifs is 1. The summed E-state index contributed by atoms with van der Waals surface area (Å²) < 4.78 is 0. The predicted molar refractivity (Wildman–Crippen MR) is 73.0 cm³/mol.